The molecular formula is C33H44FN9O3. The van der Waals surface area contributed by atoms with Crippen LogP contribution in [0.3, 0.4) is 0 Å². The number of rotatable bonds is 3. The highest BCUT2D eigenvalue weighted by Crippen LogP contribution is 2.36. The van der Waals surface area contributed by atoms with Crippen molar-refractivity contribution in [1.29, 1.82) is 5.26 Å². The largest absolute Gasteiger partial charge is 0.467 e. The molecule has 0 atom stereocenters. The van der Waals surface area contributed by atoms with E-state index in [1.54, 1.807) is 28.0 Å². The average molecular weight is 634 g/mol. The summed E-state index contributed by atoms with van der Waals surface area (Å²) in [6.45, 7) is 13.4. The Kier molecular flexibility index (Phi) is 11.0. The fourth-order valence-corrected chi connectivity index (χ4v) is 5.50. The SMILES string of the molecule is CC#N.CN1CCCC1.COc1nc(N2CCN(C(=O)OC(C)(C)C)CC2)c2cnc(-c3c(C)ccc4cnn(C)c34)c(F)c2n1. The quantitative estimate of drug-likeness (QED) is 0.292. The zero-order valence-corrected chi connectivity index (χ0v) is 28.1. The minimum Gasteiger partial charge on any atom is -0.467 e. The number of anilines is 1. The third-order valence-electron chi connectivity index (χ3n) is 7.73. The van der Waals surface area contributed by atoms with Gasteiger partial charge in [-0.25, -0.2) is 9.18 Å². The van der Waals surface area contributed by atoms with Gasteiger partial charge in [0.2, 0.25) is 0 Å². The van der Waals surface area contributed by atoms with Gasteiger partial charge in [0.15, 0.2) is 5.82 Å². The number of nitrogens with zero attached hydrogens (tertiary/aromatic N) is 9. The van der Waals surface area contributed by atoms with E-state index in [9.17, 15) is 4.79 Å². The Morgan fingerprint density at radius 2 is 1.67 bits per heavy atom. The molecule has 0 radical (unpaired) electrons. The minimum atomic E-state index is -0.566. The number of methoxy groups -OCH3 is 1. The first-order chi connectivity index (χ1) is 21.9. The predicted molar refractivity (Wildman–Crippen MR) is 176 cm³/mol. The van der Waals surface area contributed by atoms with E-state index in [1.807, 2.05) is 51.8 Å². The highest BCUT2D eigenvalue weighted by molar-refractivity contribution is 5.98. The fourth-order valence-electron chi connectivity index (χ4n) is 5.50. The number of aromatic nitrogens is 5. The van der Waals surface area contributed by atoms with E-state index in [0.29, 0.717) is 42.9 Å². The summed E-state index contributed by atoms with van der Waals surface area (Å²) in [5.41, 5.74) is 2.10. The van der Waals surface area contributed by atoms with Gasteiger partial charge in [-0.3, -0.25) is 9.67 Å². The monoisotopic (exact) mass is 633 g/mol. The summed E-state index contributed by atoms with van der Waals surface area (Å²) in [7, 11) is 5.45. The molecule has 246 valence electrons. The number of fused-ring (bicyclic) bond motifs is 2. The lowest BCUT2D eigenvalue weighted by Crippen LogP contribution is -2.50. The number of likely N-dealkylation sites (tertiary alicyclic amines) is 1. The van der Waals surface area contributed by atoms with Crippen LogP contribution in [-0.2, 0) is 11.8 Å². The lowest BCUT2D eigenvalue weighted by Gasteiger charge is -2.36. The summed E-state index contributed by atoms with van der Waals surface area (Å²) in [4.78, 5) is 31.9. The lowest BCUT2D eigenvalue weighted by molar-refractivity contribution is 0.0240. The Bertz CT molecular complexity index is 1710. The van der Waals surface area contributed by atoms with Gasteiger partial charge in [-0.1, -0.05) is 12.1 Å². The van der Waals surface area contributed by atoms with Gasteiger partial charge in [-0.15, -0.1) is 0 Å². The second-order valence-electron chi connectivity index (χ2n) is 12.4. The van der Waals surface area contributed by atoms with Crippen molar-refractivity contribution in [2.24, 2.45) is 7.05 Å². The normalized spacial score (nSPS) is 15.1. The molecule has 6 rings (SSSR count). The fraction of sp³-hybridized carbons (Fsp3) is 0.515. The molecule has 46 heavy (non-hydrogen) atoms. The van der Waals surface area contributed by atoms with Crippen molar-refractivity contribution in [3.05, 3.63) is 35.9 Å². The standard InChI is InChI=1S/C26H30FN7O3.C5H11N.C2H3N/c1-15-7-8-16-13-29-32(5)22(16)18(15)21-19(27)20-17(14-28-21)23(31-24(30-20)36-6)33-9-11-34(12-10-33)25(35)37-26(2,3)4;1-6-4-2-3-5-6;1-2-3/h7-8,13-14H,9-12H2,1-6H3;2-5H2,1H3;1H3. The number of pyridine rings is 1. The second kappa shape index (κ2) is 14.7. The van der Waals surface area contributed by atoms with Crippen molar-refractivity contribution in [1.82, 2.24) is 34.5 Å². The van der Waals surface area contributed by atoms with Crippen LogP contribution in [0.25, 0.3) is 33.1 Å². The Labute approximate surface area is 269 Å². The molecule has 5 heterocycles. The highest BCUT2D eigenvalue weighted by atomic mass is 19.1. The molecule has 1 aromatic carbocycles. The Hall–Kier alpha value is -4.57. The zero-order valence-electron chi connectivity index (χ0n) is 28.1. The number of hydrogen-bond donors (Lipinski definition) is 0. The molecule has 0 spiro atoms. The van der Waals surface area contributed by atoms with Gasteiger partial charge in [-0.2, -0.15) is 20.3 Å². The summed E-state index contributed by atoms with van der Waals surface area (Å²) in [5, 5.41) is 13.0. The molecule has 4 aromatic rings. The molecule has 0 unspecified atom stereocenters. The van der Waals surface area contributed by atoms with Crippen LogP contribution in [-0.4, -0.2) is 99.7 Å². The van der Waals surface area contributed by atoms with Crippen LogP contribution in [0.5, 0.6) is 6.01 Å². The van der Waals surface area contributed by atoms with Gasteiger partial charge < -0.3 is 24.2 Å². The van der Waals surface area contributed by atoms with Crippen LogP contribution in [0.4, 0.5) is 15.0 Å². The molecule has 2 aliphatic heterocycles. The molecule has 0 N–H and O–H groups in total. The number of carbonyl (C=O) groups is 1. The first-order valence-corrected chi connectivity index (χ1v) is 15.4. The number of carbonyl (C=O) groups excluding carboxylic acids is 1. The van der Waals surface area contributed by atoms with E-state index in [0.717, 1.165) is 16.5 Å². The maximum atomic E-state index is 16.2. The summed E-state index contributed by atoms with van der Waals surface area (Å²) in [6.07, 6.45) is 5.83. The topological polar surface area (TPSA) is 126 Å². The summed E-state index contributed by atoms with van der Waals surface area (Å²) < 4.78 is 28.7. The average Bonchev–Trinajstić information content (AvgIpc) is 3.65. The van der Waals surface area contributed by atoms with Gasteiger partial charge in [0.1, 0.15) is 22.6 Å². The molecule has 2 fully saturated rings. The van der Waals surface area contributed by atoms with Crippen LogP contribution in [0.2, 0.25) is 0 Å². The molecule has 13 heteroatoms. The molecule has 2 aliphatic rings. The molecule has 1 amide bonds. The first-order valence-electron chi connectivity index (χ1n) is 15.4. The number of aryl methyl sites for hydroxylation is 2. The van der Waals surface area contributed by atoms with E-state index >= 15 is 4.39 Å². The number of piperazine rings is 1. The number of ether oxygens (including phenoxy) is 2. The van der Waals surface area contributed by atoms with E-state index in [2.05, 4.69) is 32.0 Å². The van der Waals surface area contributed by atoms with Crippen LogP contribution in [0, 0.1) is 24.1 Å². The summed E-state index contributed by atoms with van der Waals surface area (Å²) >= 11 is 0. The Morgan fingerprint density at radius 1 is 1.02 bits per heavy atom. The van der Waals surface area contributed by atoms with Crippen molar-refractivity contribution in [3.63, 3.8) is 0 Å². The first kappa shape index (κ1) is 34.3. The molecular weight excluding hydrogens is 589 g/mol. The van der Waals surface area contributed by atoms with E-state index < -0.39 is 11.4 Å². The van der Waals surface area contributed by atoms with Crippen molar-refractivity contribution in [3.8, 4) is 23.3 Å². The molecule has 0 aliphatic carbocycles. The van der Waals surface area contributed by atoms with Crippen LogP contribution >= 0.6 is 0 Å². The van der Waals surface area contributed by atoms with Gasteiger partial charge in [-0.05, 0) is 66.2 Å². The van der Waals surface area contributed by atoms with Crippen molar-refractivity contribution in [2.75, 3.05) is 58.3 Å². The highest BCUT2D eigenvalue weighted by Gasteiger charge is 2.29. The molecule has 3 aromatic heterocycles. The smallest absolute Gasteiger partial charge is 0.410 e. The summed E-state index contributed by atoms with van der Waals surface area (Å²) in [5.74, 6) is -0.0391. The van der Waals surface area contributed by atoms with Crippen molar-refractivity contribution < 1.29 is 18.7 Å². The van der Waals surface area contributed by atoms with Gasteiger partial charge in [0.25, 0.3) is 0 Å². The molecule has 0 bridgehead atoms. The third-order valence-corrected chi connectivity index (χ3v) is 7.73. The van der Waals surface area contributed by atoms with E-state index in [-0.39, 0.29) is 23.3 Å². The Balaban J connectivity index is 0.000000466. The second-order valence-corrected chi connectivity index (χ2v) is 12.4. The number of halogens is 1. The number of hydrogen-bond acceptors (Lipinski definition) is 10. The van der Waals surface area contributed by atoms with Gasteiger partial charge in [0.05, 0.1) is 30.3 Å². The maximum absolute atomic E-state index is 16.2. The van der Waals surface area contributed by atoms with Crippen LogP contribution in [0.1, 0.15) is 46.1 Å². The van der Waals surface area contributed by atoms with E-state index in [4.69, 9.17) is 14.7 Å². The number of amides is 1. The van der Waals surface area contributed by atoms with Gasteiger partial charge >= 0.3 is 12.1 Å². The maximum Gasteiger partial charge on any atom is 0.410 e. The number of nitriles is 1. The molecule has 0 saturated carbocycles. The minimum absolute atomic E-state index is 0.0589. The van der Waals surface area contributed by atoms with Crippen LogP contribution in [0.15, 0.2) is 24.5 Å². The van der Waals surface area contributed by atoms with Crippen LogP contribution < -0.4 is 9.64 Å². The van der Waals surface area contributed by atoms with Gasteiger partial charge in [0, 0.05) is 57.3 Å². The predicted octanol–water partition coefficient (Wildman–Crippen LogP) is 5.33. The lowest BCUT2D eigenvalue weighted by atomic mass is 10.0. The molecule has 12 nitrogen and oxygen atoms in total. The third kappa shape index (κ3) is 7.80. The Morgan fingerprint density at radius 3 is 2.24 bits per heavy atom. The zero-order chi connectivity index (χ0) is 33.6. The van der Waals surface area contributed by atoms with Crippen molar-refractivity contribution >= 4 is 33.7 Å². The number of benzene rings is 1. The molecule has 2 saturated heterocycles. The summed E-state index contributed by atoms with van der Waals surface area (Å²) in [6, 6.07) is 5.70. The van der Waals surface area contributed by atoms with E-state index in [1.165, 1.54) is 40.0 Å². The van der Waals surface area contributed by atoms with Crippen molar-refractivity contribution in [2.45, 2.75) is 53.1 Å².